The molecular formula is C13H16Cl2O2. The van der Waals surface area contributed by atoms with Crippen LogP contribution in [0.1, 0.15) is 31.1 Å². The molecule has 2 nitrogen and oxygen atoms in total. The molecule has 0 fully saturated rings. The molecule has 1 aromatic rings. The molecule has 1 rings (SSSR count). The van der Waals surface area contributed by atoms with Gasteiger partial charge in [0, 0.05) is 12.7 Å². The van der Waals surface area contributed by atoms with Crippen molar-refractivity contribution in [3.8, 4) is 0 Å². The van der Waals surface area contributed by atoms with E-state index in [4.69, 9.17) is 27.9 Å². The van der Waals surface area contributed by atoms with Gasteiger partial charge < -0.3 is 4.74 Å². The van der Waals surface area contributed by atoms with Gasteiger partial charge in [0.1, 0.15) is 6.10 Å². The number of methoxy groups -OCH3 is 1. The Morgan fingerprint density at radius 2 is 1.88 bits per heavy atom. The average Bonchev–Trinajstić information content (AvgIpc) is 2.20. The molecule has 0 saturated carbocycles. The summed E-state index contributed by atoms with van der Waals surface area (Å²) in [5.74, 6) is -0.146. The van der Waals surface area contributed by atoms with E-state index in [9.17, 15) is 4.79 Å². The molecule has 0 aromatic heterocycles. The number of hydrogen-bond acceptors (Lipinski definition) is 2. The molecule has 1 unspecified atom stereocenters. The van der Waals surface area contributed by atoms with E-state index in [2.05, 4.69) is 0 Å². The quantitative estimate of drug-likeness (QED) is 0.771. The minimum absolute atomic E-state index is 0.146. The number of Topliss-reactive ketones (excluding diaryl/α,β-unsaturated/α-hetero) is 1. The van der Waals surface area contributed by atoms with Crippen molar-refractivity contribution in [2.45, 2.75) is 26.9 Å². The molecule has 0 spiro atoms. The molecule has 0 saturated heterocycles. The molecule has 0 aliphatic heterocycles. The molecular weight excluding hydrogens is 259 g/mol. The van der Waals surface area contributed by atoms with Crippen LogP contribution in [0, 0.1) is 5.41 Å². The van der Waals surface area contributed by atoms with Crippen LogP contribution in [-0.4, -0.2) is 19.0 Å². The Bertz CT molecular complexity index is 422. The van der Waals surface area contributed by atoms with Gasteiger partial charge in [-0.2, -0.15) is 0 Å². The highest BCUT2D eigenvalue weighted by molar-refractivity contribution is 6.44. The third-order valence-corrected chi connectivity index (χ3v) is 3.30. The highest BCUT2D eigenvalue weighted by Gasteiger charge is 2.33. The van der Waals surface area contributed by atoms with Crippen LogP contribution in [0.2, 0.25) is 10.0 Å². The maximum Gasteiger partial charge on any atom is 0.193 e. The highest BCUT2D eigenvalue weighted by Crippen LogP contribution is 2.31. The van der Waals surface area contributed by atoms with E-state index >= 15 is 0 Å². The predicted molar refractivity (Wildman–Crippen MR) is 71.0 cm³/mol. The lowest BCUT2D eigenvalue weighted by molar-refractivity contribution is 0.0196. The van der Waals surface area contributed by atoms with Crippen LogP contribution in [0.15, 0.2) is 18.2 Å². The minimum Gasteiger partial charge on any atom is -0.373 e. The summed E-state index contributed by atoms with van der Waals surface area (Å²) in [6.45, 7) is 5.83. The van der Waals surface area contributed by atoms with E-state index in [1.807, 2.05) is 20.8 Å². The van der Waals surface area contributed by atoms with E-state index in [0.717, 1.165) is 0 Å². The summed E-state index contributed by atoms with van der Waals surface area (Å²) in [4.78, 5) is 12.3. The second-order valence-corrected chi connectivity index (χ2v) is 5.73. The van der Waals surface area contributed by atoms with Gasteiger partial charge in [-0.3, -0.25) is 4.79 Å². The van der Waals surface area contributed by atoms with Gasteiger partial charge in [0.25, 0.3) is 0 Å². The van der Waals surface area contributed by atoms with Crippen molar-refractivity contribution in [2.24, 2.45) is 5.41 Å². The Morgan fingerprint density at radius 1 is 1.29 bits per heavy atom. The monoisotopic (exact) mass is 274 g/mol. The fraction of sp³-hybridized carbons (Fsp3) is 0.462. The summed E-state index contributed by atoms with van der Waals surface area (Å²) in [6.07, 6.45) is -0.543. The molecule has 0 heterocycles. The summed E-state index contributed by atoms with van der Waals surface area (Å²) in [6, 6.07) is 5.02. The molecule has 0 amide bonds. The fourth-order valence-corrected chi connectivity index (χ4v) is 2.08. The number of ether oxygens (including phenoxy) is 1. The molecule has 4 heteroatoms. The van der Waals surface area contributed by atoms with Crippen LogP contribution in [0.25, 0.3) is 0 Å². The first kappa shape index (κ1) is 14.5. The van der Waals surface area contributed by atoms with Crippen LogP contribution in [0.5, 0.6) is 0 Å². The minimum atomic E-state index is -0.543. The number of ketones is 1. The first-order valence-corrected chi connectivity index (χ1v) is 6.05. The number of hydrogen-bond donors (Lipinski definition) is 0. The van der Waals surface area contributed by atoms with Crippen LogP contribution in [0.3, 0.4) is 0 Å². The number of carbonyl (C=O) groups excluding carboxylic acids is 1. The first-order valence-electron chi connectivity index (χ1n) is 5.30. The summed E-state index contributed by atoms with van der Waals surface area (Å²) in [5, 5.41) is 0.659. The van der Waals surface area contributed by atoms with Crippen LogP contribution in [-0.2, 0) is 4.74 Å². The maximum absolute atomic E-state index is 12.3. The van der Waals surface area contributed by atoms with Crippen LogP contribution < -0.4 is 0 Å². The molecule has 94 valence electrons. The van der Waals surface area contributed by atoms with Crippen molar-refractivity contribution in [3.63, 3.8) is 0 Å². The maximum atomic E-state index is 12.3. The Hall–Kier alpha value is -0.570. The largest absolute Gasteiger partial charge is 0.373 e. The van der Waals surface area contributed by atoms with E-state index in [1.54, 1.807) is 18.2 Å². The van der Waals surface area contributed by atoms with Crippen molar-refractivity contribution in [2.75, 3.05) is 7.11 Å². The summed E-state index contributed by atoms with van der Waals surface area (Å²) >= 11 is 11.9. The lowest BCUT2D eigenvalue weighted by Gasteiger charge is -2.28. The molecule has 0 aliphatic carbocycles. The Balaban J connectivity index is 3.16. The lowest BCUT2D eigenvalue weighted by atomic mass is 9.84. The van der Waals surface area contributed by atoms with Crippen LogP contribution in [0.4, 0.5) is 0 Å². The van der Waals surface area contributed by atoms with E-state index in [1.165, 1.54) is 7.11 Å². The number of halogens is 2. The number of benzene rings is 1. The van der Waals surface area contributed by atoms with Crippen molar-refractivity contribution in [1.82, 2.24) is 0 Å². The van der Waals surface area contributed by atoms with Gasteiger partial charge in [0.15, 0.2) is 5.78 Å². The molecule has 0 aliphatic rings. The highest BCUT2D eigenvalue weighted by atomic mass is 35.5. The fourth-order valence-electron chi connectivity index (χ4n) is 1.69. The Morgan fingerprint density at radius 3 is 2.35 bits per heavy atom. The van der Waals surface area contributed by atoms with Gasteiger partial charge in [0.2, 0.25) is 0 Å². The SMILES string of the molecule is COC(C(=O)c1cccc(Cl)c1Cl)C(C)(C)C. The summed E-state index contributed by atoms with van der Waals surface area (Å²) < 4.78 is 5.27. The molecule has 0 N–H and O–H groups in total. The topological polar surface area (TPSA) is 26.3 Å². The van der Waals surface area contributed by atoms with Gasteiger partial charge in [0.05, 0.1) is 10.0 Å². The zero-order chi connectivity index (χ0) is 13.2. The lowest BCUT2D eigenvalue weighted by Crippen LogP contribution is -2.36. The van der Waals surface area contributed by atoms with Gasteiger partial charge in [-0.05, 0) is 17.5 Å². The van der Waals surface area contributed by atoms with Crippen molar-refractivity contribution >= 4 is 29.0 Å². The Kier molecular flexibility index (Phi) is 4.59. The van der Waals surface area contributed by atoms with Crippen molar-refractivity contribution < 1.29 is 9.53 Å². The normalized spacial score (nSPS) is 13.5. The van der Waals surface area contributed by atoms with E-state index in [0.29, 0.717) is 10.6 Å². The summed E-state index contributed by atoms with van der Waals surface area (Å²) in [7, 11) is 1.52. The van der Waals surface area contributed by atoms with Gasteiger partial charge in [-0.1, -0.05) is 50.0 Å². The molecule has 0 radical (unpaired) electrons. The van der Waals surface area contributed by atoms with Crippen LogP contribution >= 0.6 is 23.2 Å². The average molecular weight is 275 g/mol. The van der Waals surface area contributed by atoms with Gasteiger partial charge >= 0.3 is 0 Å². The Labute approximate surface area is 112 Å². The molecule has 1 atom stereocenters. The predicted octanol–water partition coefficient (Wildman–Crippen LogP) is 4.24. The van der Waals surface area contributed by atoms with E-state index in [-0.39, 0.29) is 16.2 Å². The summed E-state index contributed by atoms with van der Waals surface area (Å²) in [5.41, 5.74) is 0.109. The first-order chi connectivity index (χ1) is 7.79. The second kappa shape index (κ2) is 5.38. The zero-order valence-electron chi connectivity index (χ0n) is 10.4. The zero-order valence-corrected chi connectivity index (χ0v) is 11.9. The smallest absolute Gasteiger partial charge is 0.193 e. The molecule has 17 heavy (non-hydrogen) atoms. The van der Waals surface area contributed by atoms with Crippen molar-refractivity contribution in [3.05, 3.63) is 33.8 Å². The number of carbonyl (C=O) groups is 1. The second-order valence-electron chi connectivity index (χ2n) is 4.95. The third kappa shape index (κ3) is 3.21. The third-order valence-electron chi connectivity index (χ3n) is 2.48. The van der Waals surface area contributed by atoms with E-state index < -0.39 is 6.10 Å². The van der Waals surface area contributed by atoms with Gasteiger partial charge in [-0.15, -0.1) is 0 Å². The standard InChI is InChI=1S/C13H16Cl2O2/c1-13(2,3)12(17-4)11(16)8-6-5-7-9(14)10(8)15/h5-7,12H,1-4H3. The van der Waals surface area contributed by atoms with Gasteiger partial charge in [-0.25, -0.2) is 0 Å². The van der Waals surface area contributed by atoms with Crippen molar-refractivity contribution in [1.29, 1.82) is 0 Å². The molecule has 1 aromatic carbocycles. The molecule has 0 bridgehead atoms. The number of rotatable bonds is 3.